The SMILES string of the molecule is Cc1cc(NCCCCCCC#N)ccc1O. The van der Waals surface area contributed by atoms with E-state index in [1.165, 1.54) is 0 Å². The average molecular weight is 232 g/mol. The highest BCUT2D eigenvalue weighted by molar-refractivity contribution is 5.50. The molecule has 3 heteroatoms. The number of nitriles is 1. The van der Waals surface area contributed by atoms with Gasteiger partial charge in [-0.15, -0.1) is 0 Å². The van der Waals surface area contributed by atoms with E-state index in [-0.39, 0.29) is 0 Å². The minimum Gasteiger partial charge on any atom is -0.508 e. The molecule has 0 aromatic heterocycles. The normalized spacial score (nSPS) is 9.88. The van der Waals surface area contributed by atoms with E-state index in [1.54, 1.807) is 6.07 Å². The second-order valence-electron chi connectivity index (χ2n) is 4.25. The fourth-order valence-corrected chi connectivity index (χ4v) is 1.68. The molecule has 1 rings (SSSR count). The van der Waals surface area contributed by atoms with Crippen molar-refractivity contribution >= 4 is 5.69 Å². The molecule has 0 fully saturated rings. The van der Waals surface area contributed by atoms with Crippen LogP contribution in [0, 0.1) is 18.3 Å². The zero-order chi connectivity index (χ0) is 12.5. The smallest absolute Gasteiger partial charge is 0.118 e. The zero-order valence-corrected chi connectivity index (χ0v) is 10.4. The van der Waals surface area contributed by atoms with Gasteiger partial charge in [-0.25, -0.2) is 0 Å². The monoisotopic (exact) mass is 232 g/mol. The minimum atomic E-state index is 0.340. The number of nitrogens with zero attached hydrogens (tertiary/aromatic N) is 1. The molecule has 0 aliphatic carbocycles. The number of anilines is 1. The quantitative estimate of drug-likeness (QED) is 0.558. The number of benzene rings is 1. The molecule has 1 aromatic rings. The Balaban J connectivity index is 2.14. The molecule has 0 aliphatic heterocycles. The Morgan fingerprint density at radius 2 is 2.00 bits per heavy atom. The summed E-state index contributed by atoms with van der Waals surface area (Å²) in [5.74, 6) is 0.340. The van der Waals surface area contributed by atoms with Crippen LogP contribution < -0.4 is 5.32 Å². The third-order valence-electron chi connectivity index (χ3n) is 2.74. The Morgan fingerprint density at radius 3 is 2.71 bits per heavy atom. The molecule has 0 aliphatic rings. The highest BCUT2D eigenvalue weighted by Gasteiger charge is 1.97. The average Bonchev–Trinajstić information content (AvgIpc) is 2.32. The fraction of sp³-hybridized carbons (Fsp3) is 0.500. The molecule has 0 saturated heterocycles. The van der Waals surface area contributed by atoms with Crippen LogP contribution in [0.1, 0.15) is 37.7 Å². The molecule has 1 aromatic carbocycles. The van der Waals surface area contributed by atoms with Gasteiger partial charge in [0.15, 0.2) is 0 Å². The predicted molar refractivity (Wildman–Crippen MR) is 70.0 cm³/mol. The predicted octanol–water partition coefficient (Wildman–Crippen LogP) is 3.59. The third-order valence-corrected chi connectivity index (χ3v) is 2.74. The topological polar surface area (TPSA) is 56.0 Å². The number of aryl methyl sites for hydroxylation is 1. The number of aromatic hydroxyl groups is 1. The van der Waals surface area contributed by atoms with Crippen LogP contribution in [0.15, 0.2) is 18.2 Å². The summed E-state index contributed by atoms with van der Waals surface area (Å²) in [6, 6.07) is 7.71. The fourth-order valence-electron chi connectivity index (χ4n) is 1.68. The van der Waals surface area contributed by atoms with Crippen LogP contribution in [-0.2, 0) is 0 Å². The number of hydrogen-bond acceptors (Lipinski definition) is 3. The number of hydrogen-bond donors (Lipinski definition) is 2. The van der Waals surface area contributed by atoms with Crippen molar-refractivity contribution in [1.82, 2.24) is 0 Å². The van der Waals surface area contributed by atoms with Crippen LogP contribution in [-0.4, -0.2) is 11.7 Å². The first-order valence-electron chi connectivity index (χ1n) is 6.14. The lowest BCUT2D eigenvalue weighted by atomic mass is 10.1. The lowest BCUT2D eigenvalue weighted by Crippen LogP contribution is -2.01. The highest BCUT2D eigenvalue weighted by Crippen LogP contribution is 2.20. The summed E-state index contributed by atoms with van der Waals surface area (Å²) in [7, 11) is 0. The molecular weight excluding hydrogens is 212 g/mol. The summed E-state index contributed by atoms with van der Waals surface area (Å²) < 4.78 is 0. The van der Waals surface area contributed by atoms with Gasteiger partial charge >= 0.3 is 0 Å². The zero-order valence-electron chi connectivity index (χ0n) is 10.4. The van der Waals surface area contributed by atoms with Crippen LogP contribution in [0.4, 0.5) is 5.69 Å². The van der Waals surface area contributed by atoms with E-state index in [0.29, 0.717) is 12.2 Å². The van der Waals surface area contributed by atoms with E-state index in [0.717, 1.165) is 43.5 Å². The highest BCUT2D eigenvalue weighted by atomic mass is 16.3. The van der Waals surface area contributed by atoms with Gasteiger partial charge in [0, 0.05) is 18.7 Å². The van der Waals surface area contributed by atoms with E-state index >= 15 is 0 Å². The van der Waals surface area contributed by atoms with Crippen molar-refractivity contribution in [3.63, 3.8) is 0 Å². The second kappa shape index (κ2) is 7.56. The lowest BCUT2D eigenvalue weighted by Gasteiger charge is -2.07. The molecule has 0 amide bonds. The first-order chi connectivity index (χ1) is 8.24. The molecule has 17 heavy (non-hydrogen) atoms. The maximum Gasteiger partial charge on any atom is 0.118 e. The first-order valence-corrected chi connectivity index (χ1v) is 6.14. The Kier molecular flexibility index (Phi) is 5.95. The van der Waals surface area contributed by atoms with Crippen molar-refractivity contribution in [1.29, 1.82) is 5.26 Å². The van der Waals surface area contributed by atoms with E-state index in [9.17, 15) is 5.11 Å². The summed E-state index contributed by atoms with van der Waals surface area (Å²) in [5.41, 5.74) is 1.95. The van der Waals surface area contributed by atoms with E-state index in [2.05, 4.69) is 11.4 Å². The molecule has 0 bridgehead atoms. The molecule has 92 valence electrons. The Morgan fingerprint density at radius 1 is 1.24 bits per heavy atom. The van der Waals surface area contributed by atoms with E-state index < -0.39 is 0 Å². The number of phenolic OH excluding ortho intramolecular Hbond substituents is 1. The van der Waals surface area contributed by atoms with Crippen molar-refractivity contribution in [2.45, 2.75) is 39.0 Å². The first kappa shape index (κ1) is 13.4. The molecule has 0 atom stereocenters. The molecule has 0 radical (unpaired) electrons. The van der Waals surface area contributed by atoms with Gasteiger partial charge in [-0.05, 0) is 43.5 Å². The maximum absolute atomic E-state index is 9.38. The molecule has 0 spiro atoms. The van der Waals surface area contributed by atoms with Gasteiger partial charge in [-0.3, -0.25) is 0 Å². The Hall–Kier alpha value is -1.69. The summed E-state index contributed by atoms with van der Waals surface area (Å²) in [6.07, 6.45) is 5.08. The summed E-state index contributed by atoms with van der Waals surface area (Å²) in [5, 5.41) is 21.1. The molecule has 0 unspecified atom stereocenters. The molecule has 0 saturated carbocycles. The third kappa shape index (κ3) is 5.26. The van der Waals surface area contributed by atoms with E-state index in [1.807, 2.05) is 19.1 Å². The van der Waals surface area contributed by atoms with Gasteiger partial charge < -0.3 is 10.4 Å². The van der Waals surface area contributed by atoms with Gasteiger partial charge in [0.25, 0.3) is 0 Å². The largest absolute Gasteiger partial charge is 0.508 e. The number of nitrogens with one attached hydrogen (secondary N) is 1. The summed E-state index contributed by atoms with van der Waals surface area (Å²) in [6.45, 7) is 2.83. The maximum atomic E-state index is 9.38. The van der Waals surface area contributed by atoms with Gasteiger partial charge in [-0.2, -0.15) is 5.26 Å². The van der Waals surface area contributed by atoms with Gasteiger partial charge in [0.2, 0.25) is 0 Å². The molecule has 0 heterocycles. The van der Waals surface area contributed by atoms with Gasteiger partial charge in [0.05, 0.1) is 6.07 Å². The summed E-state index contributed by atoms with van der Waals surface area (Å²) in [4.78, 5) is 0. The second-order valence-corrected chi connectivity index (χ2v) is 4.25. The molecule has 2 N–H and O–H groups in total. The van der Waals surface area contributed by atoms with Crippen molar-refractivity contribution in [2.75, 3.05) is 11.9 Å². The van der Waals surface area contributed by atoms with Crippen molar-refractivity contribution in [3.05, 3.63) is 23.8 Å². The lowest BCUT2D eigenvalue weighted by molar-refractivity contribution is 0.471. The van der Waals surface area contributed by atoms with Crippen molar-refractivity contribution in [2.24, 2.45) is 0 Å². The standard InChI is InChI=1S/C14H20N2O/c1-12-11-13(7-8-14(12)17)16-10-6-4-2-3-5-9-15/h7-8,11,16-17H,2-6,10H2,1H3. The minimum absolute atomic E-state index is 0.340. The van der Waals surface area contributed by atoms with Gasteiger partial charge in [-0.1, -0.05) is 12.8 Å². The van der Waals surface area contributed by atoms with Crippen molar-refractivity contribution < 1.29 is 5.11 Å². The van der Waals surface area contributed by atoms with E-state index in [4.69, 9.17) is 5.26 Å². The van der Waals surface area contributed by atoms with Crippen LogP contribution >= 0.6 is 0 Å². The molecule has 3 nitrogen and oxygen atoms in total. The summed E-state index contributed by atoms with van der Waals surface area (Å²) >= 11 is 0. The molecular formula is C14H20N2O. The van der Waals surface area contributed by atoms with Crippen LogP contribution in [0.3, 0.4) is 0 Å². The van der Waals surface area contributed by atoms with Crippen LogP contribution in [0.5, 0.6) is 5.75 Å². The number of unbranched alkanes of at least 4 members (excludes halogenated alkanes) is 4. The Bertz CT molecular complexity index is 382. The number of rotatable bonds is 7. The van der Waals surface area contributed by atoms with Crippen molar-refractivity contribution in [3.8, 4) is 11.8 Å². The van der Waals surface area contributed by atoms with Gasteiger partial charge in [0.1, 0.15) is 5.75 Å². The Labute approximate surface area is 103 Å². The van der Waals surface area contributed by atoms with Crippen LogP contribution in [0.2, 0.25) is 0 Å². The number of phenols is 1. The van der Waals surface area contributed by atoms with Crippen LogP contribution in [0.25, 0.3) is 0 Å².